The molecule has 104 valence electrons. The van der Waals surface area contributed by atoms with Crippen molar-refractivity contribution in [2.45, 2.75) is 25.8 Å². The van der Waals surface area contributed by atoms with E-state index in [9.17, 15) is 4.79 Å². The third kappa shape index (κ3) is 2.71. The molecule has 2 N–H and O–H groups in total. The summed E-state index contributed by atoms with van der Waals surface area (Å²) in [6.07, 6.45) is 3.78. The Bertz CT molecular complexity index is 543. The van der Waals surface area contributed by atoms with E-state index in [1.807, 2.05) is 24.3 Å². The van der Waals surface area contributed by atoms with Gasteiger partial charge in [0.2, 0.25) is 5.91 Å². The Morgan fingerprint density at radius 1 is 1.25 bits per heavy atom. The van der Waals surface area contributed by atoms with Gasteiger partial charge in [-0.1, -0.05) is 30.4 Å². The molecule has 3 nitrogen and oxygen atoms in total. The zero-order chi connectivity index (χ0) is 13.9. The highest BCUT2D eigenvalue weighted by atomic mass is 16.2. The highest BCUT2D eigenvalue weighted by Crippen LogP contribution is 2.57. The highest BCUT2D eigenvalue weighted by molar-refractivity contribution is 5.82. The number of aliphatic hydroxyl groups excluding tert-OH is 1. The van der Waals surface area contributed by atoms with Crippen LogP contribution in [0, 0.1) is 29.6 Å². The molecule has 0 aromatic heterocycles. The normalized spacial score (nSPS) is 26.4. The molecule has 0 aliphatic heterocycles. The lowest BCUT2D eigenvalue weighted by Gasteiger charge is -2.06. The highest BCUT2D eigenvalue weighted by Gasteiger charge is 2.56. The fourth-order valence-corrected chi connectivity index (χ4v) is 3.36. The Labute approximate surface area is 119 Å². The maximum Gasteiger partial charge on any atom is 0.223 e. The summed E-state index contributed by atoms with van der Waals surface area (Å²) in [5.41, 5.74) is 1.96. The summed E-state index contributed by atoms with van der Waals surface area (Å²) in [6, 6.07) is 7.76. The van der Waals surface area contributed by atoms with Gasteiger partial charge in [-0.05, 0) is 42.4 Å². The summed E-state index contributed by atoms with van der Waals surface area (Å²) in [7, 11) is 0. The average molecular weight is 269 g/mol. The van der Waals surface area contributed by atoms with Gasteiger partial charge < -0.3 is 10.4 Å². The Morgan fingerprint density at radius 3 is 2.60 bits per heavy atom. The molecule has 0 radical (unpaired) electrons. The van der Waals surface area contributed by atoms with Gasteiger partial charge in [0, 0.05) is 18.0 Å². The maximum absolute atomic E-state index is 12.0. The van der Waals surface area contributed by atoms with Crippen molar-refractivity contribution in [1.29, 1.82) is 0 Å². The largest absolute Gasteiger partial charge is 0.384 e. The summed E-state index contributed by atoms with van der Waals surface area (Å²) in [4.78, 5) is 12.0. The lowest BCUT2D eigenvalue weighted by molar-refractivity contribution is -0.123. The lowest BCUT2D eigenvalue weighted by atomic mass is 10.1. The number of hydrogen-bond acceptors (Lipinski definition) is 2. The molecule has 2 saturated carbocycles. The summed E-state index contributed by atoms with van der Waals surface area (Å²) < 4.78 is 0. The van der Waals surface area contributed by atoms with Crippen LogP contribution < -0.4 is 5.32 Å². The van der Waals surface area contributed by atoms with Crippen LogP contribution in [0.4, 0.5) is 0 Å². The van der Waals surface area contributed by atoms with Crippen LogP contribution in [-0.2, 0) is 11.3 Å². The van der Waals surface area contributed by atoms with Crippen molar-refractivity contribution < 1.29 is 9.90 Å². The summed E-state index contributed by atoms with van der Waals surface area (Å²) in [5, 5.41) is 11.7. The predicted octanol–water partition coefficient (Wildman–Crippen LogP) is 1.69. The zero-order valence-corrected chi connectivity index (χ0v) is 11.4. The second kappa shape index (κ2) is 5.68. The van der Waals surface area contributed by atoms with Crippen molar-refractivity contribution in [2.75, 3.05) is 6.61 Å². The van der Waals surface area contributed by atoms with Crippen molar-refractivity contribution in [2.24, 2.45) is 17.8 Å². The van der Waals surface area contributed by atoms with Gasteiger partial charge in [-0.3, -0.25) is 4.79 Å². The second-order valence-electron chi connectivity index (χ2n) is 5.66. The van der Waals surface area contributed by atoms with E-state index in [0.29, 0.717) is 24.3 Å². The number of rotatable bonds is 3. The van der Waals surface area contributed by atoms with Crippen LogP contribution in [0.3, 0.4) is 0 Å². The Hall–Kier alpha value is -1.79. The molecule has 1 aromatic rings. The van der Waals surface area contributed by atoms with Crippen molar-refractivity contribution in [3.8, 4) is 11.8 Å². The molecule has 0 spiro atoms. The molecule has 2 unspecified atom stereocenters. The first-order valence-electron chi connectivity index (χ1n) is 7.26. The number of carbonyl (C=O) groups excluding carboxylic acids is 1. The van der Waals surface area contributed by atoms with Gasteiger partial charge in [0.1, 0.15) is 6.61 Å². The molecule has 1 amide bonds. The van der Waals surface area contributed by atoms with E-state index >= 15 is 0 Å². The molecule has 3 rings (SSSR count). The molecule has 0 bridgehead atoms. The third-order valence-electron chi connectivity index (χ3n) is 4.44. The van der Waals surface area contributed by atoms with E-state index in [4.69, 9.17) is 5.11 Å². The summed E-state index contributed by atoms with van der Waals surface area (Å²) in [5.74, 6) is 7.33. The van der Waals surface area contributed by atoms with Gasteiger partial charge in [0.15, 0.2) is 0 Å². The summed E-state index contributed by atoms with van der Waals surface area (Å²) >= 11 is 0. The van der Waals surface area contributed by atoms with E-state index in [1.165, 1.54) is 19.3 Å². The average Bonchev–Trinajstić information content (AvgIpc) is 2.96. The monoisotopic (exact) mass is 269 g/mol. The van der Waals surface area contributed by atoms with Gasteiger partial charge in [0.05, 0.1) is 0 Å². The molecular weight excluding hydrogens is 250 g/mol. The van der Waals surface area contributed by atoms with E-state index in [-0.39, 0.29) is 12.5 Å². The first-order chi connectivity index (χ1) is 9.79. The standard InChI is InChI=1S/C17H19NO2/c19-10-2-3-12-6-8-13(9-7-12)11-18-17(20)16-14-4-1-5-15(14)16/h6-9,14-16,19H,1,4-5,10-11H2,(H,18,20). The molecule has 2 aliphatic rings. The smallest absolute Gasteiger partial charge is 0.223 e. The van der Waals surface area contributed by atoms with Crippen LogP contribution in [0.1, 0.15) is 30.4 Å². The van der Waals surface area contributed by atoms with E-state index in [0.717, 1.165) is 11.1 Å². The SMILES string of the molecule is O=C(NCc1ccc(C#CCO)cc1)C1C2CCCC21. The molecular formula is C17H19NO2. The van der Waals surface area contributed by atoms with Crippen LogP contribution in [0.2, 0.25) is 0 Å². The minimum absolute atomic E-state index is 0.123. The minimum atomic E-state index is -0.123. The number of hydrogen-bond donors (Lipinski definition) is 2. The number of amides is 1. The molecule has 0 heterocycles. The first-order valence-corrected chi connectivity index (χ1v) is 7.26. The first kappa shape index (κ1) is 13.2. The number of nitrogens with one attached hydrogen (secondary N) is 1. The molecule has 0 saturated heterocycles. The molecule has 1 aromatic carbocycles. The fraction of sp³-hybridized carbons (Fsp3) is 0.471. The van der Waals surface area contributed by atoms with Crippen molar-refractivity contribution >= 4 is 5.91 Å². The third-order valence-corrected chi connectivity index (χ3v) is 4.44. The van der Waals surface area contributed by atoms with Crippen molar-refractivity contribution in [3.05, 3.63) is 35.4 Å². The van der Waals surface area contributed by atoms with E-state index in [1.54, 1.807) is 0 Å². The van der Waals surface area contributed by atoms with Crippen LogP contribution in [0.5, 0.6) is 0 Å². The molecule has 2 fully saturated rings. The fourth-order valence-electron chi connectivity index (χ4n) is 3.36. The van der Waals surface area contributed by atoms with Crippen LogP contribution in [0.25, 0.3) is 0 Å². The number of fused-ring (bicyclic) bond motifs is 1. The van der Waals surface area contributed by atoms with Gasteiger partial charge >= 0.3 is 0 Å². The zero-order valence-electron chi connectivity index (χ0n) is 11.4. The summed E-state index contributed by atoms with van der Waals surface area (Å²) in [6.45, 7) is 0.462. The Kier molecular flexibility index (Phi) is 3.75. The molecule has 2 aliphatic carbocycles. The number of carbonyl (C=O) groups is 1. The van der Waals surface area contributed by atoms with Gasteiger partial charge in [-0.2, -0.15) is 0 Å². The maximum atomic E-state index is 12.0. The van der Waals surface area contributed by atoms with Crippen molar-refractivity contribution in [1.82, 2.24) is 5.32 Å². The van der Waals surface area contributed by atoms with Crippen LogP contribution >= 0.6 is 0 Å². The van der Waals surface area contributed by atoms with Crippen LogP contribution in [-0.4, -0.2) is 17.6 Å². The topological polar surface area (TPSA) is 49.3 Å². The predicted molar refractivity (Wildman–Crippen MR) is 76.6 cm³/mol. The Morgan fingerprint density at radius 2 is 1.95 bits per heavy atom. The van der Waals surface area contributed by atoms with E-state index < -0.39 is 0 Å². The second-order valence-corrected chi connectivity index (χ2v) is 5.66. The lowest BCUT2D eigenvalue weighted by Crippen LogP contribution is -2.26. The number of benzene rings is 1. The van der Waals surface area contributed by atoms with Crippen molar-refractivity contribution in [3.63, 3.8) is 0 Å². The van der Waals surface area contributed by atoms with Crippen LogP contribution in [0.15, 0.2) is 24.3 Å². The quantitative estimate of drug-likeness (QED) is 0.820. The van der Waals surface area contributed by atoms with Gasteiger partial charge in [-0.25, -0.2) is 0 Å². The van der Waals surface area contributed by atoms with Gasteiger partial charge in [0.25, 0.3) is 0 Å². The molecule has 3 heteroatoms. The molecule has 2 atom stereocenters. The Balaban J connectivity index is 1.50. The minimum Gasteiger partial charge on any atom is -0.384 e. The molecule has 20 heavy (non-hydrogen) atoms. The van der Waals surface area contributed by atoms with E-state index in [2.05, 4.69) is 17.2 Å². The van der Waals surface area contributed by atoms with Gasteiger partial charge in [-0.15, -0.1) is 0 Å². The number of aliphatic hydroxyl groups is 1.